The maximum absolute atomic E-state index is 3.76. The number of rotatable bonds is 4. The first-order valence-corrected chi connectivity index (χ1v) is 8.22. The summed E-state index contributed by atoms with van der Waals surface area (Å²) >= 11 is 0. The van der Waals surface area contributed by atoms with Gasteiger partial charge in [0.2, 0.25) is 0 Å². The van der Waals surface area contributed by atoms with Gasteiger partial charge < -0.3 is 5.32 Å². The molecule has 1 aliphatic carbocycles. The van der Waals surface area contributed by atoms with E-state index in [0.29, 0.717) is 11.6 Å². The standard InChI is InChI=1S/C18H28N2/c1-4-16-11-19-18(3,5-2)13-20(16)12-15-10-14-8-6-7-9-17(14)15/h6-9,15-16,19H,4-5,10-13H2,1-3H3. The second kappa shape index (κ2) is 5.50. The molecule has 0 spiro atoms. The van der Waals surface area contributed by atoms with Crippen molar-refractivity contribution in [3.63, 3.8) is 0 Å². The van der Waals surface area contributed by atoms with Crippen LogP contribution in [0.3, 0.4) is 0 Å². The van der Waals surface area contributed by atoms with Gasteiger partial charge in [0.15, 0.2) is 0 Å². The van der Waals surface area contributed by atoms with Gasteiger partial charge in [0.1, 0.15) is 0 Å². The first kappa shape index (κ1) is 14.1. The number of fused-ring (bicyclic) bond motifs is 1. The number of hydrogen-bond donors (Lipinski definition) is 1. The van der Waals surface area contributed by atoms with Crippen LogP contribution < -0.4 is 5.32 Å². The molecule has 110 valence electrons. The third kappa shape index (κ3) is 2.51. The van der Waals surface area contributed by atoms with Gasteiger partial charge in [-0.2, -0.15) is 0 Å². The lowest BCUT2D eigenvalue weighted by Gasteiger charge is -2.48. The van der Waals surface area contributed by atoms with E-state index in [1.807, 2.05) is 0 Å². The van der Waals surface area contributed by atoms with Crippen molar-refractivity contribution in [1.82, 2.24) is 10.2 Å². The van der Waals surface area contributed by atoms with E-state index in [9.17, 15) is 0 Å². The fourth-order valence-electron chi connectivity index (χ4n) is 3.79. The molecule has 3 atom stereocenters. The van der Waals surface area contributed by atoms with Crippen LogP contribution in [0.4, 0.5) is 0 Å². The first-order chi connectivity index (χ1) is 9.65. The first-order valence-electron chi connectivity index (χ1n) is 8.22. The van der Waals surface area contributed by atoms with E-state index in [1.54, 1.807) is 11.1 Å². The van der Waals surface area contributed by atoms with Gasteiger partial charge in [0, 0.05) is 37.1 Å². The summed E-state index contributed by atoms with van der Waals surface area (Å²) in [5.41, 5.74) is 3.47. The molecule has 1 aromatic rings. The zero-order valence-electron chi connectivity index (χ0n) is 13.2. The predicted octanol–water partition coefficient (Wildman–Crippen LogP) is 3.18. The largest absolute Gasteiger partial charge is 0.309 e. The van der Waals surface area contributed by atoms with Crippen LogP contribution in [0, 0.1) is 0 Å². The van der Waals surface area contributed by atoms with Gasteiger partial charge in [-0.3, -0.25) is 4.90 Å². The van der Waals surface area contributed by atoms with Crippen LogP contribution in [0.2, 0.25) is 0 Å². The minimum atomic E-state index is 0.301. The van der Waals surface area contributed by atoms with E-state index in [4.69, 9.17) is 0 Å². The smallest absolute Gasteiger partial charge is 0.0278 e. The van der Waals surface area contributed by atoms with Gasteiger partial charge in [0.05, 0.1) is 0 Å². The third-order valence-corrected chi connectivity index (χ3v) is 5.50. The highest BCUT2D eigenvalue weighted by Crippen LogP contribution is 2.36. The monoisotopic (exact) mass is 272 g/mol. The number of piperazine rings is 1. The molecule has 2 nitrogen and oxygen atoms in total. The molecule has 0 aromatic heterocycles. The van der Waals surface area contributed by atoms with E-state index in [0.717, 1.165) is 12.5 Å². The Kier molecular flexibility index (Phi) is 3.87. The molecular formula is C18H28N2. The van der Waals surface area contributed by atoms with Crippen molar-refractivity contribution in [1.29, 1.82) is 0 Å². The molecule has 1 N–H and O–H groups in total. The van der Waals surface area contributed by atoms with Crippen molar-refractivity contribution in [2.24, 2.45) is 0 Å². The highest BCUT2D eigenvalue weighted by molar-refractivity contribution is 5.40. The average molecular weight is 272 g/mol. The second-order valence-electron chi connectivity index (χ2n) is 6.89. The maximum Gasteiger partial charge on any atom is 0.0278 e. The summed E-state index contributed by atoms with van der Waals surface area (Å²) in [6.45, 7) is 10.6. The Morgan fingerprint density at radius 1 is 1.30 bits per heavy atom. The number of nitrogens with zero attached hydrogens (tertiary/aromatic N) is 1. The quantitative estimate of drug-likeness (QED) is 0.905. The summed E-state index contributed by atoms with van der Waals surface area (Å²) in [6.07, 6.45) is 3.74. The molecule has 1 saturated heterocycles. The Morgan fingerprint density at radius 2 is 2.10 bits per heavy atom. The minimum absolute atomic E-state index is 0.301. The molecule has 1 aliphatic heterocycles. The van der Waals surface area contributed by atoms with Crippen LogP contribution in [0.25, 0.3) is 0 Å². The van der Waals surface area contributed by atoms with Crippen molar-refractivity contribution in [2.45, 2.75) is 57.5 Å². The molecule has 20 heavy (non-hydrogen) atoms. The lowest BCUT2D eigenvalue weighted by atomic mass is 9.76. The number of nitrogens with one attached hydrogen (secondary N) is 1. The van der Waals surface area contributed by atoms with Crippen LogP contribution >= 0.6 is 0 Å². The Morgan fingerprint density at radius 3 is 2.80 bits per heavy atom. The lowest BCUT2D eigenvalue weighted by Crippen LogP contribution is -2.63. The number of benzene rings is 1. The summed E-state index contributed by atoms with van der Waals surface area (Å²) in [6, 6.07) is 9.68. The minimum Gasteiger partial charge on any atom is -0.309 e. The molecule has 2 heteroatoms. The van der Waals surface area contributed by atoms with Crippen molar-refractivity contribution in [3.05, 3.63) is 35.4 Å². The molecule has 2 aliphatic rings. The van der Waals surface area contributed by atoms with Crippen molar-refractivity contribution < 1.29 is 0 Å². The van der Waals surface area contributed by atoms with Crippen LogP contribution in [0.5, 0.6) is 0 Å². The summed E-state index contributed by atoms with van der Waals surface area (Å²) in [5, 5.41) is 3.76. The fraction of sp³-hybridized carbons (Fsp3) is 0.667. The van der Waals surface area contributed by atoms with Crippen LogP contribution in [-0.2, 0) is 6.42 Å². The van der Waals surface area contributed by atoms with E-state index < -0.39 is 0 Å². The van der Waals surface area contributed by atoms with Crippen molar-refractivity contribution >= 4 is 0 Å². The summed E-state index contributed by atoms with van der Waals surface area (Å²) in [4.78, 5) is 2.75. The molecule has 3 rings (SSSR count). The maximum atomic E-state index is 3.76. The number of hydrogen-bond acceptors (Lipinski definition) is 2. The van der Waals surface area contributed by atoms with Crippen molar-refractivity contribution in [3.8, 4) is 0 Å². The Bertz CT molecular complexity index is 470. The fourth-order valence-corrected chi connectivity index (χ4v) is 3.79. The summed E-state index contributed by atoms with van der Waals surface area (Å²) in [7, 11) is 0. The van der Waals surface area contributed by atoms with Gasteiger partial charge >= 0.3 is 0 Å². The van der Waals surface area contributed by atoms with Gasteiger partial charge in [-0.25, -0.2) is 0 Å². The van der Waals surface area contributed by atoms with E-state index in [2.05, 4.69) is 55.3 Å². The van der Waals surface area contributed by atoms with Gasteiger partial charge in [-0.1, -0.05) is 38.1 Å². The molecule has 0 amide bonds. The van der Waals surface area contributed by atoms with Crippen LogP contribution in [0.15, 0.2) is 24.3 Å². The zero-order chi connectivity index (χ0) is 14.2. The molecule has 0 bridgehead atoms. The summed E-state index contributed by atoms with van der Waals surface area (Å²) < 4.78 is 0. The zero-order valence-corrected chi connectivity index (χ0v) is 13.2. The molecule has 0 saturated carbocycles. The highest BCUT2D eigenvalue weighted by atomic mass is 15.3. The Hall–Kier alpha value is -0.860. The molecule has 1 heterocycles. The normalized spacial score (nSPS) is 33.5. The van der Waals surface area contributed by atoms with Crippen LogP contribution in [-0.4, -0.2) is 36.1 Å². The Labute approximate surface area is 123 Å². The predicted molar refractivity (Wildman–Crippen MR) is 85.2 cm³/mol. The molecule has 3 unspecified atom stereocenters. The lowest BCUT2D eigenvalue weighted by molar-refractivity contribution is 0.0740. The molecule has 1 fully saturated rings. The van der Waals surface area contributed by atoms with Crippen molar-refractivity contribution in [2.75, 3.05) is 19.6 Å². The van der Waals surface area contributed by atoms with Crippen LogP contribution in [0.1, 0.15) is 50.7 Å². The third-order valence-electron chi connectivity index (χ3n) is 5.50. The van der Waals surface area contributed by atoms with Gasteiger partial charge in [-0.05, 0) is 37.3 Å². The topological polar surface area (TPSA) is 15.3 Å². The van der Waals surface area contributed by atoms with Gasteiger partial charge in [0.25, 0.3) is 0 Å². The second-order valence-corrected chi connectivity index (χ2v) is 6.89. The molecule has 0 radical (unpaired) electrons. The van der Waals surface area contributed by atoms with Gasteiger partial charge in [-0.15, -0.1) is 0 Å². The Balaban J connectivity index is 1.69. The van der Waals surface area contributed by atoms with E-state index in [1.165, 1.54) is 32.4 Å². The highest BCUT2D eigenvalue weighted by Gasteiger charge is 2.36. The average Bonchev–Trinajstić information content (AvgIpc) is 2.45. The van der Waals surface area contributed by atoms with E-state index >= 15 is 0 Å². The summed E-state index contributed by atoms with van der Waals surface area (Å²) in [5.74, 6) is 0.763. The molecule has 1 aromatic carbocycles. The van der Waals surface area contributed by atoms with E-state index in [-0.39, 0.29) is 0 Å². The SMILES string of the molecule is CCC1CNC(C)(CC)CN1CC1Cc2ccccc21. The molecular weight excluding hydrogens is 244 g/mol.